The van der Waals surface area contributed by atoms with Crippen molar-refractivity contribution in [2.45, 2.75) is 19.3 Å². The Morgan fingerprint density at radius 1 is 1.61 bits per heavy atom. The molecule has 2 aromatic heterocycles. The SMILES string of the molecule is Cc1[nH]ccc1C(=O)N1CCC(c2ncon2)C1. The molecule has 1 saturated heterocycles. The van der Waals surface area contributed by atoms with Crippen LogP contribution in [0, 0.1) is 6.92 Å². The number of carbonyl (C=O) groups excluding carboxylic acids is 1. The largest absolute Gasteiger partial charge is 0.365 e. The van der Waals surface area contributed by atoms with Crippen LogP contribution in [0.15, 0.2) is 23.2 Å². The number of carbonyl (C=O) groups is 1. The van der Waals surface area contributed by atoms with Crippen LogP contribution in [0.25, 0.3) is 0 Å². The van der Waals surface area contributed by atoms with Crippen molar-refractivity contribution in [3.63, 3.8) is 0 Å². The topological polar surface area (TPSA) is 75.0 Å². The van der Waals surface area contributed by atoms with Crippen molar-refractivity contribution in [2.24, 2.45) is 0 Å². The van der Waals surface area contributed by atoms with Gasteiger partial charge in [0.25, 0.3) is 5.91 Å². The molecule has 0 aromatic carbocycles. The highest BCUT2D eigenvalue weighted by Crippen LogP contribution is 2.26. The third kappa shape index (κ3) is 1.79. The summed E-state index contributed by atoms with van der Waals surface area (Å²) in [6.07, 6.45) is 4.00. The van der Waals surface area contributed by atoms with Gasteiger partial charge in [-0.2, -0.15) is 4.98 Å². The fourth-order valence-corrected chi connectivity index (χ4v) is 2.37. The first-order valence-electron chi connectivity index (χ1n) is 5.95. The van der Waals surface area contributed by atoms with Crippen LogP contribution in [0.2, 0.25) is 0 Å². The summed E-state index contributed by atoms with van der Waals surface area (Å²) < 4.78 is 4.74. The second-order valence-electron chi connectivity index (χ2n) is 4.54. The average molecular weight is 246 g/mol. The lowest BCUT2D eigenvalue weighted by atomic mass is 10.1. The molecule has 0 saturated carbocycles. The number of amides is 1. The molecule has 6 nitrogen and oxygen atoms in total. The standard InChI is InChI=1S/C12H14N4O2/c1-8-10(2-4-13-8)12(17)16-5-3-9(6-16)11-14-7-18-15-11/h2,4,7,9,13H,3,5-6H2,1H3. The average Bonchev–Trinajstić information content (AvgIpc) is 3.09. The van der Waals surface area contributed by atoms with Gasteiger partial charge in [0, 0.05) is 30.9 Å². The highest BCUT2D eigenvalue weighted by molar-refractivity contribution is 5.95. The van der Waals surface area contributed by atoms with Gasteiger partial charge in [0.1, 0.15) is 0 Å². The molecule has 18 heavy (non-hydrogen) atoms. The number of aromatic nitrogens is 3. The minimum absolute atomic E-state index is 0.0692. The minimum atomic E-state index is 0.0692. The van der Waals surface area contributed by atoms with E-state index in [4.69, 9.17) is 4.52 Å². The van der Waals surface area contributed by atoms with Gasteiger partial charge in [-0.1, -0.05) is 5.16 Å². The second-order valence-corrected chi connectivity index (χ2v) is 4.54. The van der Waals surface area contributed by atoms with Crippen LogP contribution < -0.4 is 0 Å². The van der Waals surface area contributed by atoms with Crippen molar-refractivity contribution < 1.29 is 9.32 Å². The third-order valence-corrected chi connectivity index (χ3v) is 3.40. The van der Waals surface area contributed by atoms with Crippen LogP contribution in [0.1, 0.15) is 34.2 Å². The Balaban J connectivity index is 1.73. The molecule has 94 valence electrons. The van der Waals surface area contributed by atoms with Gasteiger partial charge in [0.05, 0.1) is 5.56 Å². The molecule has 3 rings (SSSR count). The van der Waals surface area contributed by atoms with Gasteiger partial charge < -0.3 is 14.4 Å². The molecule has 1 unspecified atom stereocenters. The van der Waals surface area contributed by atoms with Gasteiger partial charge in [-0.25, -0.2) is 0 Å². The molecule has 3 heterocycles. The lowest BCUT2D eigenvalue weighted by Crippen LogP contribution is -2.28. The second kappa shape index (κ2) is 4.29. The van der Waals surface area contributed by atoms with Crippen LogP contribution in [-0.2, 0) is 0 Å². The van der Waals surface area contributed by atoms with Gasteiger partial charge in [-0.15, -0.1) is 0 Å². The molecule has 0 spiro atoms. The van der Waals surface area contributed by atoms with E-state index in [0.29, 0.717) is 12.4 Å². The summed E-state index contributed by atoms with van der Waals surface area (Å²) in [6, 6.07) is 1.82. The molecule has 1 atom stereocenters. The Hall–Kier alpha value is -2.11. The lowest BCUT2D eigenvalue weighted by Gasteiger charge is -2.15. The van der Waals surface area contributed by atoms with E-state index in [-0.39, 0.29) is 11.8 Å². The van der Waals surface area contributed by atoms with E-state index < -0.39 is 0 Å². The maximum absolute atomic E-state index is 12.3. The monoisotopic (exact) mass is 246 g/mol. The number of hydrogen-bond donors (Lipinski definition) is 1. The minimum Gasteiger partial charge on any atom is -0.365 e. The van der Waals surface area contributed by atoms with E-state index in [1.165, 1.54) is 6.39 Å². The van der Waals surface area contributed by atoms with Gasteiger partial charge in [0.2, 0.25) is 6.39 Å². The van der Waals surface area contributed by atoms with Gasteiger partial charge in [-0.3, -0.25) is 4.79 Å². The Morgan fingerprint density at radius 3 is 3.17 bits per heavy atom. The predicted molar refractivity (Wildman–Crippen MR) is 63.1 cm³/mol. The first-order chi connectivity index (χ1) is 8.75. The van der Waals surface area contributed by atoms with Crippen molar-refractivity contribution in [3.8, 4) is 0 Å². The van der Waals surface area contributed by atoms with E-state index in [1.54, 1.807) is 6.20 Å². The van der Waals surface area contributed by atoms with Gasteiger partial charge >= 0.3 is 0 Å². The number of aromatic amines is 1. The number of H-pyrrole nitrogens is 1. The van der Waals surface area contributed by atoms with Crippen LogP contribution in [0.3, 0.4) is 0 Å². The van der Waals surface area contributed by atoms with E-state index in [2.05, 4.69) is 15.1 Å². The van der Waals surface area contributed by atoms with Crippen LogP contribution >= 0.6 is 0 Å². The first kappa shape index (κ1) is 11.0. The van der Waals surface area contributed by atoms with Crippen LogP contribution in [0.4, 0.5) is 0 Å². The summed E-state index contributed by atoms with van der Waals surface area (Å²) in [7, 11) is 0. The molecule has 1 aliphatic rings. The number of nitrogens with one attached hydrogen (secondary N) is 1. The first-order valence-corrected chi connectivity index (χ1v) is 5.95. The molecular weight excluding hydrogens is 232 g/mol. The molecule has 1 fully saturated rings. The normalized spacial score (nSPS) is 19.4. The van der Waals surface area contributed by atoms with Gasteiger partial charge in [-0.05, 0) is 19.4 Å². The molecule has 1 N–H and O–H groups in total. The van der Waals surface area contributed by atoms with Gasteiger partial charge in [0.15, 0.2) is 5.82 Å². The molecule has 0 radical (unpaired) electrons. The number of aryl methyl sites for hydroxylation is 1. The molecule has 2 aromatic rings. The zero-order chi connectivity index (χ0) is 12.5. The zero-order valence-electron chi connectivity index (χ0n) is 10.1. The van der Waals surface area contributed by atoms with E-state index in [9.17, 15) is 4.79 Å². The van der Waals surface area contributed by atoms with E-state index in [0.717, 1.165) is 24.2 Å². The Morgan fingerprint density at radius 2 is 2.50 bits per heavy atom. The van der Waals surface area contributed by atoms with Crippen LogP contribution in [-0.4, -0.2) is 39.0 Å². The smallest absolute Gasteiger partial charge is 0.255 e. The molecular formula is C12H14N4O2. The maximum Gasteiger partial charge on any atom is 0.255 e. The Bertz CT molecular complexity index is 546. The number of likely N-dealkylation sites (tertiary alicyclic amines) is 1. The highest BCUT2D eigenvalue weighted by atomic mass is 16.5. The number of rotatable bonds is 2. The summed E-state index contributed by atoms with van der Waals surface area (Å²) >= 11 is 0. The molecule has 1 aliphatic heterocycles. The quantitative estimate of drug-likeness (QED) is 0.867. The summed E-state index contributed by atoms with van der Waals surface area (Å²) in [4.78, 5) is 21.2. The highest BCUT2D eigenvalue weighted by Gasteiger charge is 2.30. The zero-order valence-corrected chi connectivity index (χ0v) is 10.1. The van der Waals surface area contributed by atoms with E-state index in [1.807, 2.05) is 17.9 Å². The van der Waals surface area contributed by atoms with Crippen molar-refractivity contribution in [1.29, 1.82) is 0 Å². The molecule has 6 heteroatoms. The van der Waals surface area contributed by atoms with Crippen molar-refractivity contribution in [2.75, 3.05) is 13.1 Å². The predicted octanol–water partition coefficient (Wildman–Crippen LogP) is 1.34. The van der Waals surface area contributed by atoms with Crippen molar-refractivity contribution in [1.82, 2.24) is 20.0 Å². The van der Waals surface area contributed by atoms with Crippen molar-refractivity contribution >= 4 is 5.91 Å². The number of hydrogen-bond acceptors (Lipinski definition) is 4. The summed E-state index contributed by atoms with van der Waals surface area (Å²) in [5, 5.41) is 3.84. The van der Waals surface area contributed by atoms with Crippen LogP contribution in [0.5, 0.6) is 0 Å². The fraction of sp³-hybridized carbons (Fsp3) is 0.417. The maximum atomic E-state index is 12.3. The summed E-state index contributed by atoms with van der Waals surface area (Å²) in [5.41, 5.74) is 1.65. The Kier molecular flexibility index (Phi) is 2.62. The molecule has 1 amide bonds. The number of nitrogens with zero attached hydrogens (tertiary/aromatic N) is 3. The summed E-state index contributed by atoms with van der Waals surface area (Å²) in [6.45, 7) is 3.30. The fourth-order valence-electron chi connectivity index (χ4n) is 2.37. The Labute approximate surface area is 104 Å². The van der Waals surface area contributed by atoms with Crippen molar-refractivity contribution in [3.05, 3.63) is 35.7 Å². The third-order valence-electron chi connectivity index (χ3n) is 3.40. The summed E-state index contributed by atoms with van der Waals surface area (Å²) in [5.74, 6) is 0.947. The molecule has 0 bridgehead atoms. The lowest BCUT2D eigenvalue weighted by molar-refractivity contribution is 0.0790. The van der Waals surface area contributed by atoms with E-state index >= 15 is 0 Å². The molecule has 0 aliphatic carbocycles.